The molecule has 0 bridgehead atoms. The van der Waals surface area contributed by atoms with Crippen LogP contribution in [0.15, 0.2) is 65.4 Å². The molecule has 0 aliphatic heterocycles. The summed E-state index contributed by atoms with van der Waals surface area (Å²) in [6.07, 6.45) is -1.86. The Morgan fingerprint density at radius 1 is 1.00 bits per heavy atom. The maximum atomic E-state index is 13.3. The molecule has 0 saturated heterocycles. The number of nitrogens with two attached hydrogens (primary N) is 1. The van der Waals surface area contributed by atoms with Gasteiger partial charge < -0.3 is 0 Å². The topological polar surface area (TPSA) is 104 Å². The monoisotopic (exact) mass is 487 g/mol. The van der Waals surface area contributed by atoms with Crippen LogP contribution in [-0.4, -0.2) is 28.2 Å². The summed E-state index contributed by atoms with van der Waals surface area (Å²) in [5.41, 5.74) is 2.29. The molecule has 162 valence electrons. The average Bonchev–Trinajstić information content (AvgIpc) is 3.37. The number of hydrogen-bond donors (Lipinski definition) is 1. The van der Waals surface area contributed by atoms with Crippen LogP contribution in [0.3, 0.4) is 0 Å². The number of thiazole rings is 1. The van der Waals surface area contributed by atoms with E-state index in [2.05, 4.69) is 15.1 Å². The van der Waals surface area contributed by atoms with Crippen molar-refractivity contribution < 1.29 is 21.6 Å². The fraction of sp³-hybridized carbons (Fsp3) is 0.0556. The number of alkyl halides is 3. The molecule has 0 aliphatic carbocycles. The normalized spacial score (nSPS) is 11.9. The third-order valence-electron chi connectivity index (χ3n) is 4.15. The molecule has 0 saturated carbocycles. The van der Waals surface area contributed by atoms with E-state index in [1.807, 2.05) is 0 Å². The number of sulfonamides is 1. The van der Waals surface area contributed by atoms with Crippen molar-refractivity contribution in [3.63, 3.8) is 0 Å². The van der Waals surface area contributed by atoms with Crippen molar-refractivity contribution in [3.05, 3.63) is 66.1 Å². The van der Waals surface area contributed by atoms with Gasteiger partial charge in [0, 0.05) is 11.8 Å². The second-order valence-electron chi connectivity index (χ2n) is 6.17. The first-order valence-corrected chi connectivity index (χ1v) is 10.7. The molecule has 31 heavy (non-hydrogen) atoms. The van der Waals surface area contributed by atoms with Crippen LogP contribution in [-0.2, 0) is 16.2 Å². The molecule has 3 aromatic heterocycles. The van der Waals surface area contributed by atoms with E-state index in [-0.39, 0.29) is 23.8 Å². The van der Waals surface area contributed by atoms with E-state index in [4.69, 9.17) is 5.14 Å². The molecule has 0 radical (unpaired) electrons. The van der Waals surface area contributed by atoms with E-state index in [0.717, 1.165) is 33.5 Å². The number of rotatable bonds is 4. The Labute approximate surface area is 184 Å². The Kier molecular flexibility index (Phi) is 6.18. The number of hydrogen-bond acceptors (Lipinski definition) is 6. The Bertz CT molecular complexity index is 1290. The van der Waals surface area contributed by atoms with Gasteiger partial charge in [0.05, 0.1) is 28.0 Å². The molecule has 3 heterocycles. The fourth-order valence-electron chi connectivity index (χ4n) is 2.75. The van der Waals surface area contributed by atoms with Gasteiger partial charge in [-0.2, -0.15) is 18.3 Å². The number of primary sulfonamides is 1. The fourth-order valence-corrected chi connectivity index (χ4v) is 3.84. The predicted octanol–water partition coefficient (Wildman–Crippen LogP) is 4.15. The highest BCUT2D eigenvalue weighted by Gasteiger charge is 2.35. The van der Waals surface area contributed by atoms with E-state index < -0.39 is 26.9 Å². The molecule has 4 aromatic rings. The molecule has 0 unspecified atom stereocenters. The van der Waals surface area contributed by atoms with Crippen molar-refractivity contribution in [3.8, 4) is 27.4 Å². The molecule has 0 atom stereocenters. The Hall–Kier alpha value is -2.80. The van der Waals surface area contributed by atoms with Crippen LogP contribution in [0.5, 0.6) is 0 Å². The summed E-state index contributed by atoms with van der Waals surface area (Å²) in [5.74, 6) is 0. The third-order valence-corrected chi connectivity index (χ3v) is 5.80. The largest absolute Gasteiger partial charge is 0.435 e. The van der Waals surface area contributed by atoms with Crippen molar-refractivity contribution in [2.24, 2.45) is 5.14 Å². The summed E-state index contributed by atoms with van der Waals surface area (Å²) < 4.78 is 63.7. The quantitative estimate of drug-likeness (QED) is 0.466. The van der Waals surface area contributed by atoms with Crippen molar-refractivity contribution in [1.82, 2.24) is 19.7 Å². The SMILES string of the molecule is Cl.NS(=O)(=O)c1ccc(-n2nc(C(F)(F)F)cc2-c2ccc(-c3cncs3)cc2)cn1. The van der Waals surface area contributed by atoms with Crippen molar-refractivity contribution in [2.45, 2.75) is 11.2 Å². The van der Waals surface area contributed by atoms with E-state index >= 15 is 0 Å². The number of pyridine rings is 1. The second-order valence-corrected chi connectivity index (χ2v) is 8.56. The molecule has 0 spiro atoms. The van der Waals surface area contributed by atoms with Gasteiger partial charge in [0.2, 0.25) is 0 Å². The summed E-state index contributed by atoms with van der Waals surface area (Å²) in [4.78, 5) is 8.65. The van der Waals surface area contributed by atoms with Gasteiger partial charge in [0.25, 0.3) is 10.0 Å². The van der Waals surface area contributed by atoms with Crippen LogP contribution in [0.2, 0.25) is 0 Å². The highest BCUT2D eigenvalue weighted by molar-refractivity contribution is 7.89. The zero-order valence-electron chi connectivity index (χ0n) is 15.3. The summed E-state index contributed by atoms with van der Waals surface area (Å²) in [7, 11) is -4.03. The number of benzene rings is 1. The molecule has 2 N–H and O–H groups in total. The lowest BCUT2D eigenvalue weighted by molar-refractivity contribution is -0.141. The Balaban J connectivity index is 0.00000272. The maximum Gasteiger partial charge on any atom is 0.435 e. The maximum absolute atomic E-state index is 13.3. The van der Waals surface area contributed by atoms with Crippen LogP contribution < -0.4 is 5.14 Å². The highest BCUT2D eigenvalue weighted by Crippen LogP contribution is 2.34. The minimum atomic E-state index is -4.66. The van der Waals surface area contributed by atoms with Gasteiger partial charge in [0.15, 0.2) is 10.7 Å². The van der Waals surface area contributed by atoms with Crippen LogP contribution in [0, 0.1) is 0 Å². The van der Waals surface area contributed by atoms with Gasteiger partial charge in [-0.25, -0.2) is 23.2 Å². The Morgan fingerprint density at radius 3 is 2.19 bits per heavy atom. The lowest BCUT2D eigenvalue weighted by Gasteiger charge is -2.08. The predicted molar refractivity (Wildman–Crippen MR) is 112 cm³/mol. The first-order valence-electron chi connectivity index (χ1n) is 8.29. The molecule has 0 amide bonds. The van der Waals surface area contributed by atoms with E-state index in [1.54, 1.807) is 36.0 Å². The molecule has 7 nitrogen and oxygen atoms in total. The zero-order valence-corrected chi connectivity index (χ0v) is 17.8. The molecular formula is C18H13ClF3N5O2S2. The summed E-state index contributed by atoms with van der Waals surface area (Å²) >= 11 is 1.44. The second kappa shape index (κ2) is 8.38. The summed E-state index contributed by atoms with van der Waals surface area (Å²) in [5, 5.41) is 8.27. The van der Waals surface area contributed by atoms with Crippen molar-refractivity contribution in [1.29, 1.82) is 0 Å². The molecule has 0 fully saturated rings. The zero-order chi connectivity index (χ0) is 21.5. The van der Waals surface area contributed by atoms with Crippen LogP contribution in [0.25, 0.3) is 27.4 Å². The molecular weight excluding hydrogens is 475 g/mol. The van der Waals surface area contributed by atoms with Gasteiger partial charge >= 0.3 is 6.18 Å². The molecule has 0 aliphatic rings. The van der Waals surface area contributed by atoms with Crippen LogP contribution in [0.4, 0.5) is 13.2 Å². The average molecular weight is 488 g/mol. The van der Waals surface area contributed by atoms with E-state index in [0.29, 0.717) is 5.56 Å². The lowest BCUT2D eigenvalue weighted by atomic mass is 10.1. The van der Waals surface area contributed by atoms with E-state index in [9.17, 15) is 21.6 Å². The first kappa shape index (κ1) is 22.9. The number of nitrogens with zero attached hydrogens (tertiary/aromatic N) is 4. The minimum absolute atomic E-state index is 0. The smallest absolute Gasteiger partial charge is 0.252 e. The van der Waals surface area contributed by atoms with Crippen molar-refractivity contribution >= 4 is 33.8 Å². The van der Waals surface area contributed by atoms with Gasteiger partial charge in [-0.1, -0.05) is 24.3 Å². The number of aromatic nitrogens is 4. The van der Waals surface area contributed by atoms with Gasteiger partial charge in [-0.3, -0.25) is 4.98 Å². The highest BCUT2D eigenvalue weighted by atomic mass is 35.5. The van der Waals surface area contributed by atoms with E-state index in [1.165, 1.54) is 17.4 Å². The molecule has 13 heteroatoms. The molecule has 4 rings (SSSR count). The standard InChI is InChI=1S/C18H12F3N5O2S2.ClH/c19-18(20,21)16-7-14(11-1-3-12(4-2-11)15-9-23-10-29-15)26(25-16)13-5-6-17(24-8-13)30(22,27)28;/h1-10H,(H2,22,27,28);1H. The van der Waals surface area contributed by atoms with Crippen LogP contribution in [0.1, 0.15) is 5.69 Å². The minimum Gasteiger partial charge on any atom is -0.252 e. The number of halogens is 4. The van der Waals surface area contributed by atoms with Gasteiger partial charge in [0.1, 0.15) is 0 Å². The first-order chi connectivity index (χ1) is 14.1. The third kappa shape index (κ3) is 4.77. The summed E-state index contributed by atoms with van der Waals surface area (Å²) in [6, 6.07) is 10.2. The van der Waals surface area contributed by atoms with Gasteiger partial charge in [-0.05, 0) is 23.8 Å². The molecule has 1 aromatic carbocycles. The Morgan fingerprint density at radius 2 is 1.68 bits per heavy atom. The van der Waals surface area contributed by atoms with Crippen LogP contribution >= 0.6 is 23.7 Å². The summed E-state index contributed by atoms with van der Waals surface area (Å²) in [6.45, 7) is 0. The lowest BCUT2D eigenvalue weighted by Crippen LogP contribution is -2.14. The van der Waals surface area contributed by atoms with Gasteiger partial charge in [-0.15, -0.1) is 23.7 Å². The van der Waals surface area contributed by atoms with Crippen molar-refractivity contribution in [2.75, 3.05) is 0 Å².